The Morgan fingerprint density at radius 1 is 1.32 bits per heavy atom. The van der Waals surface area contributed by atoms with Crippen LogP contribution >= 0.6 is 0 Å². The van der Waals surface area contributed by atoms with Gasteiger partial charge in [-0.05, 0) is 43.0 Å². The van der Waals surface area contributed by atoms with Crippen molar-refractivity contribution in [2.45, 2.75) is 31.5 Å². The summed E-state index contributed by atoms with van der Waals surface area (Å²) in [6.07, 6.45) is -2.85. The molecule has 1 heterocycles. The maximum atomic E-state index is 12.8. The van der Waals surface area contributed by atoms with Crippen molar-refractivity contribution in [2.24, 2.45) is 7.05 Å². The molecule has 1 N–H and O–H groups in total. The zero-order chi connectivity index (χ0) is 18.2. The Kier molecular flexibility index (Phi) is 4.36. The summed E-state index contributed by atoms with van der Waals surface area (Å²) >= 11 is 0. The molecular formula is C17H16F3N3O2. The number of alkyl halides is 3. The molecule has 1 aliphatic rings. The molecule has 0 bridgehead atoms. The molecule has 0 saturated carbocycles. The highest BCUT2D eigenvalue weighted by atomic mass is 19.4. The summed E-state index contributed by atoms with van der Waals surface area (Å²) in [6.45, 7) is 0. The van der Waals surface area contributed by atoms with Crippen LogP contribution in [0.15, 0.2) is 35.1 Å². The number of nitrogens with zero attached hydrogens (tertiary/aromatic N) is 2. The van der Waals surface area contributed by atoms with Crippen molar-refractivity contribution < 1.29 is 18.0 Å². The molecule has 25 heavy (non-hydrogen) atoms. The predicted molar refractivity (Wildman–Crippen MR) is 84.2 cm³/mol. The Bertz CT molecular complexity index is 874. The third-order valence-electron chi connectivity index (χ3n) is 4.24. The molecule has 0 fully saturated rings. The lowest BCUT2D eigenvalue weighted by Gasteiger charge is -2.25. The number of hydrogen-bond donors (Lipinski definition) is 1. The van der Waals surface area contributed by atoms with Crippen LogP contribution in [0.1, 0.15) is 33.6 Å². The summed E-state index contributed by atoms with van der Waals surface area (Å²) in [7, 11) is 1.57. The summed E-state index contributed by atoms with van der Waals surface area (Å²) in [5.41, 5.74) is 0.448. The van der Waals surface area contributed by atoms with Crippen LogP contribution in [0.3, 0.4) is 0 Å². The van der Waals surface area contributed by atoms with E-state index in [-0.39, 0.29) is 17.2 Å². The number of benzene rings is 1. The van der Waals surface area contributed by atoms with Crippen molar-refractivity contribution >= 4 is 5.91 Å². The quantitative estimate of drug-likeness (QED) is 0.901. The predicted octanol–water partition coefficient (Wildman–Crippen LogP) is 2.09. The average molecular weight is 351 g/mol. The minimum Gasteiger partial charge on any atom is -0.349 e. The van der Waals surface area contributed by atoms with E-state index >= 15 is 0 Å². The van der Waals surface area contributed by atoms with Gasteiger partial charge in [0.15, 0.2) is 0 Å². The Balaban J connectivity index is 1.74. The lowest BCUT2D eigenvalue weighted by Crippen LogP contribution is -2.40. The van der Waals surface area contributed by atoms with E-state index in [9.17, 15) is 22.8 Å². The number of aromatic nitrogens is 2. The third-order valence-corrected chi connectivity index (χ3v) is 4.24. The van der Waals surface area contributed by atoms with Gasteiger partial charge < -0.3 is 5.32 Å². The number of carbonyl (C=O) groups excluding carboxylic acids is 1. The van der Waals surface area contributed by atoms with E-state index in [4.69, 9.17) is 0 Å². The van der Waals surface area contributed by atoms with Crippen molar-refractivity contribution in [3.05, 3.63) is 63.1 Å². The largest absolute Gasteiger partial charge is 0.416 e. The standard InChI is InChI=1S/C17H16F3N3O2/c1-23-15(24)9-11-8-13(5-6-14(11)22-23)21-16(25)10-3-2-4-12(7-10)17(18,19)20/h2-4,7,9,13H,5-6,8H2,1H3,(H,21,25)/t13-/m0/s1. The second-order valence-corrected chi connectivity index (χ2v) is 6.07. The maximum Gasteiger partial charge on any atom is 0.416 e. The molecule has 5 nitrogen and oxygen atoms in total. The van der Waals surface area contributed by atoms with E-state index in [1.807, 2.05) is 0 Å². The van der Waals surface area contributed by atoms with Crippen molar-refractivity contribution in [3.8, 4) is 0 Å². The number of rotatable bonds is 2. The molecule has 1 aromatic carbocycles. The Labute approximate surface area is 141 Å². The number of nitrogens with one attached hydrogen (secondary N) is 1. The van der Waals surface area contributed by atoms with Crippen molar-refractivity contribution in [1.29, 1.82) is 0 Å². The fourth-order valence-electron chi connectivity index (χ4n) is 2.91. The van der Waals surface area contributed by atoms with Gasteiger partial charge in [0.05, 0.1) is 11.3 Å². The number of hydrogen-bond acceptors (Lipinski definition) is 3. The van der Waals surface area contributed by atoms with Crippen molar-refractivity contribution in [1.82, 2.24) is 15.1 Å². The van der Waals surface area contributed by atoms with E-state index < -0.39 is 17.6 Å². The van der Waals surface area contributed by atoms with Gasteiger partial charge >= 0.3 is 6.18 Å². The Morgan fingerprint density at radius 2 is 2.08 bits per heavy atom. The van der Waals surface area contributed by atoms with Crippen LogP contribution < -0.4 is 10.9 Å². The molecule has 1 aliphatic carbocycles. The summed E-state index contributed by atoms with van der Waals surface area (Å²) < 4.78 is 39.5. The highest BCUT2D eigenvalue weighted by Gasteiger charge is 2.31. The third kappa shape index (κ3) is 3.72. The molecule has 132 valence electrons. The zero-order valence-corrected chi connectivity index (χ0v) is 13.4. The monoisotopic (exact) mass is 351 g/mol. The van der Waals surface area contributed by atoms with Gasteiger partial charge in [0, 0.05) is 24.7 Å². The lowest BCUT2D eigenvalue weighted by molar-refractivity contribution is -0.137. The smallest absolute Gasteiger partial charge is 0.349 e. The Morgan fingerprint density at radius 3 is 2.80 bits per heavy atom. The SMILES string of the molecule is Cn1nc2c(cc1=O)C[C@@H](NC(=O)c1cccc(C(F)(F)F)c1)CC2. The normalized spacial score (nSPS) is 17.0. The van der Waals surface area contributed by atoms with Gasteiger partial charge in [-0.3, -0.25) is 9.59 Å². The van der Waals surface area contributed by atoms with E-state index in [0.717, 1.165) is 23.4 Å². The van der Waals surface area contributed by atoms with E-state index in [2.05, 4.69) is 10.4 Å². The van der Waals surface area contributed by atoms with Gasteiger partial charge in [-0.15, -0.1) is 0 Å². The highest BCUT2D eigenvalue weighted by molar-refractivity contribution is 5.94. The number of amides is 1. The van der Waals surface area contributed by atoms with Crippen LogP contribution in [0, 0.1) is 0 Å². The first kappa shape index (κ1) is 17.2. The van der Waals surface area contributed by atoms with Gasteiger partial charge in [-0.1, -0.05) is 6.07 Å². The van der Waals surface area contributed by atoms with Gasteiger partial charge in [0.25, 0.3) is 11.5 Å². The van der Waals surface area contributed by atoms with Crippen molar-refractivity contribution in [2.75, 3.05) is 0 Å². The average Bonchev–Trinajstić information content (AvgIpc) is 2.55. The molecule has 1 atom stereocenters. The number of carbonyl (C=O) groups is 1. The number of aryl methyl sites for hydroxylation is 2. The maximum absolute atomic E-state index is 12.8. The first-order valence-corrected chi connectivity index (χ1v) is 7.78. The zero-order valence-electron chi connectivity index (χ0n) is 13.4. The summed E-state index contributed by atoms with van der Waals surface area (Å²) in [5.74, 6) is -0.559. The molecule has 1 amide bonds. The van der Waals surface area contributed by atoms with Gasteiger partial charge in [0.2, 0.25) is 0 Å². The summed E-state index contributed by atoms with van der Waals surface area (Å²) in [5, 5.41) is 6.94. The van der Waals surface area contributed by atoms with Crippen LogP contribution in [0.5, 0.6) is 0 Å². The van der Waals surface area contributed by atoms with Gasteiger partial charge in [-0.25, -0.2) is 4.68 Å². The summed E-state index contributed by atoms with van der Waals surface area (Å²) in [4.78, 5) is 23.9. The van der Waals surface area contributed by atoms with Crippen LogP contribution in [0.4, 0.5) is 13.2 Å². The van der Waals surface area contributed by atoms with Crippen molar-refractivity contribution in [3.63, 3.8) is 0 Å². The molecule has 0 aliphatic heterocycles. The number of halogens is 3. The fraction of sp³-hybridized carbons (Fsp3) is 0.353. The minimum absolute atomic E-state index is 0.0391. The molecule has 0 saturated heterocycles. The van der Waals surface area contributed by atoms with Gasteiger partial charge in [0.1, 0.15) is 0 Å². The van der Waals surface area contributed by atoms with Gasteiger partial charge in [-0.2, -0.15) is 18.3 Å². The first-order chi connectivity index (χ1) is 11.7. The topological polar surface area (TPSA) is 64.0 Å². The summed E-state index contributed by atoms with van der Waals surface area (Å²) in [6, 6.07) is 5.56. The first-order valence-electron chi connectivity index (χ1n) is 7.78. The molecule has 2 aromatic rings. The Hall–Kier alpha value is -2.64. The van der Waals surface area contributed by atoms with Crippen LogP contribution in [0.2, 0.25) is 0 Å². The highest BCUT2D eigenvalue weighted by Crippen LogP contribution is 2.29. The molecule has 1 aromatic heterocycles. The fourth-order valence-corrected chi connectivity index (χ4v) is 2.91. The minimum atomic E-state index is -4.49. The molecule has 0 spiro atoms. The van der Waals surface area contributed by atoms with Crippen LogP contribution in [-0.2, 0) is 26.1 Å². The second kappa shape index (κ2) is 6.34. The van der Waals surface area contributed by atoms with Crippen LogP contribution in [0.25, 0.3) is 0 Å². The second-order valence-electron chi connectivity index (χ2n) is 6.07. The van der Waals surface area contributed by atoms with E-state index in [1.54, 1.807) is 7.05 Å². The molecule has 8 heteroatoms. The molecular weight excluding hydrogens is 335 g/mol. The molecule has 0 radical (unpaired) electrons. The molecule has 3 rings (SSSR count). The number of fused-ring (bicyclic) bond motifs is 1. The molecule has 0 unspecified atom stereocenters. The lowest BCUT2D eigenvalue weighted by atomic mass is 9.92. The van der Waals surface area contributed by atoms with E-state index in [0.29, 0.717) is 19.3 Å². The van der Waals surface area contributed by atoms with Crippen LogP contribution in [-0.4, -0.2) is 21.7 Å². The van der Waals surface area contributed by atoms with E-state index in [1.165, 1.54) is 22.9 Å².